The second-order valence-corrected chi connectivity index (χ2v) is 4.52. The Morgan fingerprint density at radius 2 is 1.82 bits per heavy atom. The van der Waals surface area contributed by atoms with E-state index in [9.17, 15) is 5.11 Å². The van der Waals surface area contributed by atoms with Gasteiger partial charge in [0, 0.05) is 12.1 Å². The van der Waals surface area contributed by atoms with Gasteiger partial charge in [-0.2, -0.15) is 0 Å². The van der Waals surface area contributed by atoms with E-state index < -0.39 is 0 Å². The number of aromatic hydroxyl groups is 1. The highest BCUT2D eigenvalue weighted by Crippen LogP contribution is 2.36. The Labute approximate surface area is 101 Å². The summed E-state index contributed by atoms with van der Waals surface area (Å²) in [6.45, 7) is 2.86. The third-order valence-corrected chi connectivity index (χ3v) is 3.48. The highest BCUT2D eigenvalue weighted by molar-refractivity contribution is 5.48. The van der Waals surface area contributed by atoms with Crippen LogP contribution >= 0.6 is 0 Å². The number of benzene rings is 2. The fourth-order valence-electron chi connectivity index (χ4n) is 2.56. The SMILES string of the molecule is Cc1ccccc1C1NCc2c(O)cccc21. The van der Waals surface area contributed by atoms with Gasteiger partial charge in [0.1, 0.15) is 5.75 Å². The van der Waals surface area contributed by atoms with Crippen molar-refractivity contribution >= 4 is 0 Å². The molecule has 0 aromatic heterocycles. The van der Waals surface area contributed by atoms with Gasteiger partial charge in [0.25, 0.3) is 0 Å². The predicted octanol–water partition coefficient (Wildman–Crippen LogP) is 2.89. The van der Waals surface area contributed by atoms with Gasteiger partial charge >= 0.3 is 0 Å². The second kappa shape index (κ2) is 3.90. The van der Waals surface area contributed by atoms with Crippen LogP contribution in [0.5, 0.6) is 5.75 Å². The zero-order valence-corrected chi connectivity index (χ0v) is 9.77. The molecule has 86 valence electrons. The minimum Gasteiger partial charge on any atom is -0.508 e. The van der Waals surface area contributed by atoms with E-state index in [1.165, 1.54) is 16.7 Å². The number of fused-ring (bicyclic) bond motifs is 1. The molecule has 0 radical (unpaired) electrons. The Kier molecular flexibility index (Phi) is 2.37. The van der Waals surface area contributed by atoms with Gasteiger partial charge in [0.05, 0.1) is 6.04 Å². The van der Waals surface area contributed by atoms with Crippen molar-refractivity contribution in [2.45, 2.75) is 19.5 Å². The van der Waals surface area contributed by atoms with Gasteiger partial charge in [-0.3, -0.25) is 0 Å². The molecular formula is C15H15NO. The van der Waals surface area contributed by atoms with Crippen LogP contribution in [0.2, 0.25) is 0 Å². The maximum Gasteiger partial charge on any atom is 0.120 e. The summed E-state index contributed by atoms with van der Waals surface area (Å²) in [5.74, 6) is 0.395. The first-order chi connectivity index (χ1) is 8.27. The van der Waals surface area contributed by atoms with Gasteiger partial charge < -0.3 is 10.4 Å². The van der Waals surface area contributed by atoms with E-state index in [2.05, 4.69) is 42.6 Å². The van der Waals surface area contributed by atoms with E-state index in [0.29, 0.717) is 5.75 Å². The monoisotopic (exact) mass is 225 g/mol. The Hall–Kier alpha value is -1.80. The molecule has 3 rings (SSSR count). The quantitative estimate of drug-likeness (QED) is 0.782. The number of aryl methyl sites for hydroxylation is 1. The van der Waals surface area contributed by atoms with E-state index in [4.69, 9.17) is 0 Å². The van der Waals surface area contributed by atoms with Crippen LogP contribution < -0.4 is 5.32 Å². The molecule has 1 aliphatic heterocycles. The molecule has 0 bridgehead atoms. The standard InChI is InChI=1S/C15H15NO/c1-10-5-2-3-6-11(10)15-12-7-4-8-14(17)13(12)9-16-15/h2-8,15-17H,9H2,1H3. The third-order valence-electron chi connectivity index (χ3n) is 3.48. The molecule has 1 unspecified atom stereocenters. The summed E-state index contributed by atoms with van der Waals surface area (Å²) in [4.78, 5) is 0. The van der Waals surface area contributed by atoms with Gasteiger partial charge in [-0.1, -0.05) is 36.4 Å². The van der Waals surface area contributed by atoms with Crippen LogP contribution in [0, 0.1) is 6.92 Å². The van der Waals surface area contributed by atoms with Gasteiger partial charge in [-0.05, 0) is 29.7 Å². The molecule has 0 aliphatic carbocycles. The molecule has 17 heavy (non-hydrogen) atoms. The van der Waals surface area contributed by atoms with Crippen LogP contribution in [0.3, 0.4) is 0 Å². The number of nitrogens with one attached hydrogen (secondary N) is 1. The van der Waals surface area contributed by atoms with Gasteiger partial charge in [0.2, 0.25) is 0 Å². The van der Waals surface area contributed by atoms with E-state index in [-0.39, 0.29) is 6.04 Å². The van der Waals surface area contributed by atoms with Crippen LogP contribution in [0.1, 0.15) is 28.3 Å². The Balaban J connectivity index is 2.11. The smallest absolute Gasteiger partial charge is 0.120 e. The van der Waals surface area contributed by atoms with E-state index >= 15 is 0 Å². The average Bonchev–Trinajstić information content (AvgIpc) is 2.75. The lowest BCUT2D eigenvalue weighted by atomic mass is 9.95. The summed E-state index contributed by atoms with van der Waals surface area (Å²) >= 11 is 0. The van der Waals surface area contributed by atoms with Gasteiger partial charge in [-0.25, -0.2) is 0 Å². The largest absolute Gasteiger partial charge is 0.508 e. The van der Waals surface area contributed by atoms with Crippen molar-refractivity contribution in [1.82, 2.24) is 5.32 Å². The first kappa shape index (κ1) is 10.4. The maximum atomic E-state index is 9.83. The molecule has 1 atom stereocenters. The second-order valence-electron chi connectivity index (χ2n) is 4.52. The summed E-state index contributed by atoms with van der Waals surface area (Å²) in [5.41, 5.74) is 4.79. The summed E-state index contributed by atoms with van der Waals surface area (Å²) in [7, 11) is 0. The normalized spacial score (nSPS) is 18.1. The zero-order chi connectivity index (χ0) is 11.8. The summed E-state index contributed by atoms with van der Waals surface area (Å²) in [5, 5.41) is 13.3. The molecule has 2 aromatic rings. The van der Waals surface area contributed by atoms with Crippen LogP contribution in [-0.4, -0.2) is 5.11 Å². The van der Waals surface area contributed by atoms with Crippen LogP contribution in [0.15, 0.2) is 42.5 Å². The molecule has 1 aliphatic rings. The third kappa shape index (κ3) is 1.61. The molecule has 1 heterocycles. The molecule has 0 amide bonds. The van der Waals surface area contributed by atoms with Crippen molar-refractivity contribution in [1.29, 1.82) is 0 Å². The Morgan fingerprint density at radius 1 is 1.06 bits per heavy atom. The maximum absolute atomic E-state index is 9.83. The average molecular weight is 225 g/mol. The van der Waals surface area contributed by atoms with Crippen molar-refractivity contribution < 1.29 is 5.11 Å². The summed E-state index contributed by atoms with van der Waals surface area (Å²) < 4.78 is 0. The fourth-order valence-corrected chi connectivity index (χ4v) is 2.56. The number of phenolic OH excluding ortho intramolecular Hbond substituents is 1. The molecule has 2 N–H and O–H groups in total. The molecular weight excluding hydrogens is 210 g/mol. The molecule has 2 heteroatoms. The fraction of sp³-hybridized carbons (Fsp3) is 0.200. The Bertz CT molecular complexity index is 563. The highest BCUT2D eigenvalue weighted by Gasteiger charge is 2.25. The number of hydrogen-bond donors (Lipinski definition) is 2. The lowest BCUT2D eigenvalue weighted by Gasteiger charge is -2.15. The molecule has 0 spiro atoms. The van der Waals surface area contributed by atoms with Crippen LogP contribution in [-0.2, 0) is 6.54 Å². The number of phenols is 1. The molecule has 0 saturated carbocycles. The van der Waals surface area contributed by atoms with Gasteiger partial charge in [-0.15, -0.1) is 0 Å². The summed E-state index contributed by atoms with van der Waals surface area (Å²) in [6.07, 6.45) is 0. The number of hydrogen-bond acceptors (Lipinski definition) is 2. The first-order valence-corrected chi connectivity index (χ1v) is 5.87. The lowest BCUT2D eigenvalue weighted by Crippen LogP contribution is -2.14. The molecule has 2 aromatic carbocycles. The Morgan fingerprint density at radius 3 is 2.65 bits per heavy atom. The molecule has 2 nitrogen and oxygen atoms in total. The van der Waals surface area contributed by atoms with Crippen LogP contribution in [0.4, 0.5) is 0 Å². The van der Waals surface area contributed by atoms with Crippen molar-refractivity contribution in [3.05, 3.63) is 64.7 Å². The molecule has 0 saturated heterocycles. The molecule has 0 fully saturated rings. The minimum absolute atomic E-state index is 0.207. The topological polar surface area (TPSA) is 32.3 Å². The minimum atomic E-state index is 0.207. The van der Waals surface area contributed by atoms with Crippen LogP contribution in [0.25, 0.3) is 0 Å². The number of rotatable bonds is 1. The highest BCUT2D eigenvalue weighted by atomic mass is 16.3. The van der Waals surface area contributed by atoms with Crippen molar-refractivity contribution in [3.63, 3.8) is 0 Å². The predicted molar refractivity (Wildman–Crippen MR) is 68.0 cm³/mol. The van der Waals surface area contributed by atoms with Crippen molar-refractivity contribution in [3.8, 4) is 5.75 Å². The summed E-state index contributed by atoms with van der Waals surface area (Å²) in [6, 6.07) is 14.3. The lowest BCUT2D eigenvalue weighted by molar-refractivity contribution is 0.468. The first-order valence-electron chi connectivity index (χ1n) is 5.87. The van der Waals surface area contributed by atoms with Gasteiger partial charge in [0.15, 0.2) is 0 Å². The van der Waals surface area contributed by atoms with Crippen molar-refractivity contribution in [2.24, 2.45) is 0 Å². The van der Waals surface area contributed by atoms with E-state index in [1.807, 2.05) is 6.07 Å². The zero-order valence-electron chi connectivity index (χ0n) is 9.77. The van der Waals surface area contributed by atoms with E-state index in [0.717, 1.165) is 12.1 Å². The van der Waals surface area contributed by atoms with E-state index in [1.54, 1.807) is 6.07 Å². The van der Waals surface area contributed by atoms with Crippen molar-refractivity contribution in [2.75, 3.05) is 0 Å².